The SMILES string of the molecule is NC(=O)C1(CNc2nc(-c3cc(Cl)cc(Cl)c3)no2)CCOCC1. The number of rotatable bonds is 5. The second-order valence-corrected chi connectivity index (χ2v) is 6.56. The van der Waals surface area contributed by atoms with Crippen molar-refractivity contribution >= 4 is 35.1 Å². The number of nitrogens with one attached hydrogen (secondary N) is 1. The second-order valence-electron chi connectivity index (χ2n) is 5.69. The molecular weight excluding hydrogens is 355 g/mol. The Kier molecular flexibility index (Phi) is 4.93. The molecule has 0 saturated carbocycles. The van der Waals surface area contributed by atoms with E-state index in [9.17, 15) is 4.79 Å². The molecule has 3 N–H and O–H groups in total. The largest absolute Gasteiger partial charge is 0.381 e. The molecule has 0 atom stereocenters. The van der Waals surface area contributed by atoms with Crippen molar-refractivity contribution in [2.45, 2.75) is 12.8 Å². The minimum Gasteiger partial charge on any atom is -0.381 e. The lowest BCUT2D eigenvalue weighted by Gasteiger charge is -2.33. The molecule has 1 aromatic carbocycles. The van der Waals surface area contributed by atoms with Crippen LogP contribution >= 0.6 is 23.2 Å². The molecule has 3 rings (SSSR count). The molecule has 1 fully saturated rings. The van der Waals surface area contributed by atoms with E-state index in [0.29, 0.717) is 54.0 Å². The Morgan fingerprint density at radius 3 is 2.54 bits per heavy atom. The number of hydrogen-bond acceptors (Lipinski definition) is 6. The number of primary amides is 1. The number of amides is 1. The molecule has 1 saturated heterocycles. The summed E-state index contributed by atoms with van der Waals surface area (Å²) in [6, 6.07) is 5.19. The van der Waals surface area contributed by atoms with Crippen molar-refractivity contribution in [2.24, 2.45) is 11.1 Å². The molecular formula is C15H16Cl2N4O3. The summed E-state index contributed by atoms with van der Waals surface area (Å²) in [6.07, 6.45) is 1.11. The average molecular weight is 371 g/mol. The van der Waals surface area contributed by atoms with Gasteiger partial charge in [0, 0.05) is 35.4 Å². The summed E-state index contributed by atoms with van der Waals surface area (Å²) in [5.41, 5.74) is 5.53. The van der Waals surface area contributed by atoms with Gasteiger partial charge in [0.15, 0.2) is 0 Å². The summed E-state index contributed by atoms with van der Waals surface area (Å²) in [6.45, 7) is 1.31. The van der Waals surface area contributed by atoms with Gasteiger partial charge in [0.2, 0.25) is 11.7 Å². The van der Waals surface area contributed by atoms with Gasteiger partial charge in [-0.25, -0.2) is 0 Å². The normalized spacial score (nSPS) is 16.8. The molecule has 2 aromatic rings. The summed E-state index contributed by atoms with van der Waals surface area (Å²) in [4.78, 5) is 16.1. The van der Waals surface area contributed by atoms with Crippen LogP contribution in [0, 0.1) is 5.41 Å². The first-order valence-electron chi connectivity index (χ1n) is 7.40. The van der Waals surface area contributed by atoms with Gasteiger partial charge in [-0.05, 0) is 31.0 Å². The molecule has 2 heterocycles. The molecule has 0 aliphatic carbocycles. The molecule has 128 valence electrons. The Balaban J connectivity index is 1.73. The molecule has 1 amide bonds. The van der Waals surface area contributed by atoms with Crippen LogP contribution < -0.4 is 11.1 Å². The highest BCUT2D eigenvalue weighted by molar-refractivity contribution is 6.35. The summed E-state index contributed by atoms with van der Waals surface area (Å²) in [5, 5.41) is 7.84. The van der Waals surface area contributed by atoms with Crippen molar-refractivity contribution in [3.8, 4) is 11.4 Å². The fourth-order valence-corrected chi connectivity index (χ4v) is 3.14. The molecule has 0 bridgehead atoms. The van der Waals surface area contributed by atoms with E-state index < -0.39 is 5.41 Å². The molecule has 0 radical (unpaired) electrons. The minimum atomic E-state index is -0.674. The summed E-state index contributed by atoms with van der Waals surface area (Å²) in [7, 11) is 0. The number of ether oxygens (including phenoxy) is 1. The number of anilines is 1. The molecule has 7 nitrogen and oxygen atoms in total. The van der Waals surface area contributed by atoms with Gasteiger partial charge in [-0.3, -0.25) is 4.79 Å². The Labute approximate surface area is 148 Å². The van der Waals surface area contributed by atoms with Gasteiger partial charge < -0.3 is 20.3 Å². The quantitative estimate of drug-likeness (QED) is 0.838. The van der Waals surface area contributed by atoms with Crippen LogP contribution in [0.15, 0.2) is 22.7 Å². The zero-order valence-electron chi connectivity index (χ0n) is 12.7. The number of halogens is 2. The highest BCUT2D eigenvalue weighted by Gasteiger charge is 2.38. The number of nitrogens with zero attached hydrogens (tertiary/aromatic N) is 2. The van der Waals surface area contributed by atoms with Gasteiger partial charge in [-0.2, -0.15) is 4.98 Å². The highest BCUT2D eigenvalue weighted by atomic mass is 35.5. The lowest BCUT2D eigenvalue weighted by atomic mass is 9.79. The second kappa shape index (κ2) is 6.96. The Morgan fingerprint density at radius 1 is 1.25 bits per heavy atom. The van der Waals surface area contributed by atoms with E-state index in [4.69, 9.17) is 38.2 Å². The van der Waals surface area contributed by atoms with E-state index in [0.717, 1.165) is 0 Å². The van der Waals surface area contributed by atoms with E-state index in [2.05, 4.69) is 15.5 Å². The van der Waals surface area contributed by atoms with E-state index in [1.807, 2.05) is 0 Å². The van der Waals surface area contributed by atoms with Gasteiger partial charge >= 0.3 is 6.01 Å². The third-order valence-corrected chi connectivity index (χ3v) is 4.53. The number of nitrogens with two attached hydrogens (primary N) is 1. The van der Waals surface area contributed by atoms with E-state index in [1.165, 1.54) is 0 Å². The predicted octanol–water partition coefficient (Wildman–Crippen LogP) is 2.74. The first-order chi connectivity index (χ1) is 11.5. The van der Waals surface area contributed by atoms with E-state index >= 15 is 0 Å². The van der Waals surface area contributed by atoms with Crippen molar-refractivity contribution in [1.82, 2.24) is 10.1 Å². The van der Waals surface area contributed by atoms with Gasteiger partial charge in [-0.15, -0.1) is 0 Å². The topological polar surface area (TPSA) is 103 Å². The third kappa shape index (κ3) is 3.63. The lowest BCUT2D eigenvalue weighted by Crippen LogP contribution is -2.46. The molecule has 1 aromatic heterocycles. The van der Waals surface area contributed by atoms with Crippen molar-refractivity contribution in [3.63, 3.8) is 0 Å². The summed E-state index contributed by atoms with van der Waals surface area (Å²) >= 11 is 11.9. The van der Waals surface area contributed by atoms with E-state index in [1.54, 1.807) is 18.2 Å². The number of aromatic nitrogens is 2. The Hall–Kier alpha value is -1.83. The number of benzene rings is 1. The summed E-state index contributed by atoms with van der Waals surface area (Å²) in [5.74, 6) is -0.0123. The fourth-order valence-electron chi connectivity index (χ4n) is 2.61. The van der Waals surface area contributed by atoms with Crippen LogP contribution in [-0.2, 0) is 9.53 Å². The predicted molar refractivity (Wildman–Crippen MR) is 89.9 cm³/mol. The highest BCUT2D eigenvalue weighted by Crippen LogP contribution is 2.31. The van der Waals surface area contributed by atoms with Crippen LogP contribution in [0.2, 0.25) is 10.0 Å². The van der Waals surface area contributed by atoms with Crippen LogP contribution in [0.5, 0.6) is 0 Å². The fraction of sp³-hybridized carbons (Fsp3) is 0.400. The van der Waals surface area contributed by atoms with Crippen molar-refractivity contribution < 1.29 is 14.1 Å². The summed E-state index contributed by atoms with van der Waals surface area (Å²) < 4.78 is 10.5. The van der Waals surface area contributed by atoms with Gasteiger partial charge in [0.25, 0.3) is 0 Å². The third-order valence-electron chi connectivity index (χ3n) is 4.10. The monoisotopic (exact) mass is 370 g/mol. The molecule has 0 spiro atoms. The van der Waals surface area contributed by atoms with Crippen LogP contribution in [0.3, 0.4) is 0 Å². The number of carbonyl (C=O) groups is 1. The molecule has 9 heteroatoms. The maximum atomic E-state index is 11.8. The first-order valence-corrected chi connectivity index (χ1v) is 8.16. The number of hydrogen-bond donors (Lipinski definition) is 2. The number of carbonyl (C=O) groups excluding carboxylic acids is 1. The van der Waals surface area contributed by atoms with Gasteiger partial charge in [0.1, 0.15) is 0 Å². The van der Waals surface area contributed by atoms with Crippen LogP contribution in [0.4, 0.5) is 6.01 Å². The van der Waals surface area contributed by atoms with Crippen molar-refractivity contribution in [1.29, 1.82) is 0 Å². The molecule has 0 unspecified atom stereocenters. The van der Waals surface area contributed by atoms with Gasteiger partial charge in [0.05, 0.1) is 5.41 Å². The zero-order valence-corrected chi connectivity index (χ0v) is 14.2. The Morgan fingerprint density at radius 2 is 1.92 bits per heavy atom. The maximum absolute atomic E-state index is 11.8. The average Bonchev–Trinajstić information content (AvgIpc) is 3.02. The van der Waals surface area contributed by atoms with Gasteiger partial charge in [-0.1, -0.05) is 28.4 Å². The zero-order chi connectivity index (χ0) is 17.2. The van der Waals surface area contributed by atoms with Crippen LogP contribution in [0.25, 0.3) is 11.4 Å². The lowest BCUT2D eigenvalue weighted by molar-refractivity contribution is -0.132. The molecule has 1 aliphatic rings. The van der Waals surface area contributed by atoms with Crippen LogP contribution in [-0.4, -0.2) is 35.8 Å². The maximum Gasteiger partial charge on any atom is 0.321 e. The van der Waals surface area contributed by atoms with Crippen molar-refractivity contribution in [2.75, 3.05) is 25.1 Å². The first kappa shape index (κ1) is 17.0. The smallest absolute Gasteiger partial charge is 0.321 e. The Bertz CT molecular complexity index is 724. The molecule has 1 aliphatic heterocycles. The standard InChI is InChI=1S/C15H16Cl2N4O3/c16-10-5-9(6-11(17)7-10)12-20-14(24-21-12)19-8-15(13(18)22)1-3-23-4-2-15/h5-7H,1-4,8H2,(H2,18,22)(H,19,20,21). The molecule has 24 heavy (non-hydrogen) atoms. The minimum absolute atomic E-state index is 0.202. The van der Waals surface area contributed by atoms with Crippen molar-refractivity contribution in [3.05, 3.63) is 28.2 Å². The van der Waals surface area contributed by atoms with Crippen LogP contribution in [0.1, 0.15) is 12.8 Å². The van der Waals surface area contributed by atoms with E-state index in [-0.39, 0.29) is 11.9 Å².